The van der Waals surface area contributed by atoms with Gasteiger partial charge in [-0.15, -0.1) is 0 Å². The normalized spacial score (nSPS) is 10.6. The Labute approximate surface area is 128 Å². The molecule has 0 amide bonds. The Morgan fingerprint density at radius 1 is 1.10 bits per heavy atom. The molecule has 2 aromatic rings. The van der Waals surface area contributed by atoms with Crippen LogP contribution in [0.1, 0.15) is 11.1 Å². The van der Waals surface area contributed by atoms with Gasteiger partial charge in [-0.25, -0.2) is 0 Å². The van der Waals surface area contributed by atoms with Crippen molar-refractivity contribution in [3.8, 4) is 11.5 Å². The van der Waals surface area contributed by atoms with Crippen molar-refractivity contribution < 1.29 is 9.47 Å². The molecule has 2 rings (SSSR count). The number of hydrogen-bond donors (Lipinski definition) is 1. The van der Waals surface area contributed by atoms with Crippen LogP contribution in [0.25, 0.3) is 0 Å². The molecule has 0 saturated carbocycles. The van der Waals surface area contributed by atoms with Crippen LogP contribution in [-0.2, 0) is 17.9 Å². The Morgan fingerprint density at radius 2 is 1.95 bits per heavy atom. The third kappa shape index (κ3) is 4.07. The largest absolute Gasteiger partial charge is 0.456 e. The molecule has 0 unspecified atom stereocenters. The van der Waals surface area contributed by atoms with Crippen LogP contribution >= 0.6 is 15.9 Å². The Bertz CT molecular complexity index is 572. The molecular formula is C16H18BrNO2. The molecule has 0 aliphatic heterocycles. The number of nitrogens with one attached hydrogen (secondary N) is 1. The summed E-state index contributed by atoms with van der Waals surface area (Å²) in [6, 6.07) is 14.0. The van der Waals surface area contributed by atoms with E-state index < -0.39 is 0 Å². The zero-order valence-electron chi connectivity index (χ0n) is 11.7. The lowest BCUT2D eigenvalue weighted by molar-refractivity contribution is 0.184. The van der Waals surface area contributed by atoms with Gasteiger partial charge >= 0.3 is 0 Å². The second kappa shape index (κ2) is 7.43. The van der Waals surface area contributed by atoms with E-state index in [1.165, 1.54) is 5.56 Å². The van der Waals surface area contributed by atoms with E-state index >= 15 is 0 Å². The van der Waals surface area contributed by atoms with Crippen LogP contribution < -0.4 is 10.1 Å². The maximum absolute atomic E-state index is 5.91. The second-order valence-corrected chi connectivity index (χ2v) is 5.33. The summed E-state index contributed by atoms with van der Waals surface area (Å²) in [7, 11) is 3.62. The second-order valence-electron chi connectivity index (χ2n) is 4.48. The molecule has 0 aromatic heterocycles. The highest BCUT2D eigenvalue weighted by Gasteiger charge is 2.05. The van der Waals surface area contributed by atoms with Crippen LogP contribution in [0.4, 0.5) is 0 Å². The molecule has 0 bridgehead atoms. The number of methoxy groups -OCH3 is 1. The van der Waals surface area contributed by atoms with E-state index in [0.717, 1.165) is 28.1 Å². The minimum Gasteiger partial charge on any atom is -0.456 e. The SMILES string of the molecule is CNCc1ccc(Oc2cccc(COC)c2)c(Br)c1. The van der Waals surface area contributed by atoms with E-state index in [-0.39, 0.29) is 0 Å². The first kappa shape index (κ1) is 15.0. The molecule has 0 aliphatic rings. The van der Waals surface area contributed by atoms with E-state index in [1.54, 1.807) is 7.11 Å². The topological polar surface area (TPSA) is 30.5 Å². The van der Waals surface area contributed by atoms with Gasteiger partial charge in [0, 0.05) is 13.7 Å². The molecule has 0 spiro atoms. The fraction of sp³-hybridized carbons (Fsp3) is 0.250. The zero-order valence-corrected chi connectivity index (χ0v) is 13.2. The Balaban J connectivity index is 2.15. The van der Waals surface area contributed by atoms with Crippen LogP contribution in [0.15, 0.2) is 46.9 Å². The number of benzene rings is 2. The summed E-state index contributed by atoms with van der Waals surface area (Å²) < 4.78 is 12.0. The molecule has 3 nitrogen and oxygen atoms in total. The first-order chi connectivity index (χ1) is 9.72. The molecule has 0 aliphatic carbocycles. The van der Waals surface area contributed by atoms with Crippen molar-refractivity contribution in [2.24, 2.45) is 0 Å². The highest BCUT2D eigenvalue weighted by atomic mass is 79.9. The molecule has 0 atom stereocenters. The third-order valence-corrected chi connectivity index (χ3v) is 3.43. The van der Waals surface area contributed by atoms with Crippen LogP contribution in [0, 0.1) is 0 Å². The van der Waals surface area contributed by atoms with E-state index in [2.05, 4.69) is 33.4 Å². The van der Waals surface area contributed by atoms with Gasteiger partial charge in [-0.2, -0.15) is 0 Å². The summed E-state index contributed by atoms with van der Waals surface area (Å²) in [5.74, 6) is 1.61. The molecule has 2 aromatic carbocycles. The monoisotopic (exact) mass is 335 g/mol. The van der Waals surface area contributed by atoms with Crippen LogP contribution in [-0.4, -0.2) is 14.2 Å². The summed E-state index contributed by atoms with van der Waals surface area (Å²) in [6.45, 7) is 1.42. The average molecular weight is 336 g/mol. The van der Waals surface area contributed by atoms with Gasteiger partial charge in [0.15, 0.2) is 0 Å². The molecule has 20 heavy (non-hydrogen) atoms. The molecule has 0 fully saturated rings. The summed E-state index contributed by atoms with van der Waals surface area (Å²) in [4.78, 5) is 0. The van der Waals surface area contributed by atoms with Crippen LogP contribution in [0.3, 0.4) is 0 Å². The molecule has 106 valence electrons. The van der Waals surface area contributed by atoms with E-state index in [9.17, 15) is 0 Å². The third-order valence-electron chi connectivity index (χ3n) is 2.81. The van der Waals surface area contributed by atoms with Crippen molar-refractivity contribution in [2.75, 3.05) is 14.2 Å². The highest BCUT2D eigenvalue weighted by Crippen LogP contribution is 2.30. The smallest absolute Gasteiger partial charge is 0.141 e. The van der Waals surface area contributed by atoms with Crippen LogP contribution in [0.2, 0.25) is 0 Å². The minimum atomic E-state index is 0.583. The fourth-order valence-electron chi connectivity index (χ4n) is 1.93. The summed E-state index contributed by atoms with van der Waals surface area (Å²) >= 11 is 3.55. The highest BCUT2D eigenvalue weighted by molar-refractivity contribution is 9.10. The van der Waals surface area contributed by atoms with Gasteiger partial charge < -0.3 is 14.8 Å². The molecule has 0 radical (unpaired) electrons. The van der Waals surface area contributed by atoms with E-state index in [1.807, 2.05) is 37.4 Å². The van der Waals surface area contributed by atoms with Gasteiger partial charge in [0.1, 0.15) is 11.5 Å². The standard InChI is InChI=1S/C16H18BrNO2/c1-18-10-12-6-7-16(15(17)9-12)20-14-5-3-4-13(8-14)11-19-2/h3-9,18H,10-11H2,1-2H3. The van der Waals surface area contributed by atoms with Gasteiger partial charge in [-0.05, 0) is 58.4 Å². The van der Waals surface area contributed by atoms with Crippen molar-refractivity contribution in [2.45, 2.75) is 13.2 Å². The quantitative estimate of drug-likeness (QED) is 0.861. The van der Waals surface area contributed by atoms with Crippen molar-refractivity contribution in [1.29, 1.82) is 0 Å². The number of ether oxygens (including phenoxy) is 2. The summed E-state index contributed by atoms with van der Waals surface area (Å²) in [5, 5.41) is 3.13. The lowest BCUT2D eigenvalue weighted by atomic mass is 10.2. The Kier molecular flexibility index (Phi) is 5.59. The number of rotatable bonds is 6. The number of halogens is 1. The van der Waals surface area contributed by atoms with Crippen molar-refractivity contribution in [3.63, 3.8) is 0 Å². The first-order valence-corrected chi connectivity index (χ1v) is 7.21. The molecule has 0 heterocycles. The van der Waals surface area contributed by atoms with Crippen molar-refractivity contribution >= 4 is 15.9 Å². The average Bonchev–Trinajstić information content (AvgIpc) is 2.43. The van der Waals surface area contributed by atoms with Crippen LogP contribution in [0.5, 0.6) is 11.5 Å². The van der Waals surface area contributed by atoms with Gasteiger partial charge in [-0.3, -0.25) is 0 Å². The predicted molar refractivity (Wildman–Crippen MR) is 84.1 cm³/mol. The van der Waals surface area contributed by atoms with Gasteiger partial charge in [0.05, 0.1) is 11.1 Å². The summed E-state index contributed by atoms with van der Waals surface area (Å²) in [5.41, 5.74) is 2.30. The molecular weight excluding hydrogens is 318 g/mol. The predicted octanol–water partition coefficient (Wildman–Crippen LogP) is 4.11. The molecule has 1 N–H and O–H groups in total. The lowest BCUT2D eigenvalue weighted by Gasteiger charge is -2.10. The van der Waals surface area contributed by atoms with E-state index in [4.69, 9.17) is 9.47 Å². The summed E-state index contributed by atoms with van der Waals surface area (Å²) in [6.07, 6.45) is 0. The number of hydrogen-bond acceptors (Lipinski definition) is 3. The maximum atomic E-state index is 5.91. The van der Waals surface area contributed by atoms with E-state index in [0.29, 0.717) is 6.61 Å². The first-order valence-electron chi connectivity index (χ1n) is 6.41. The lowest BCUT2D eigenvalue weighted by Crippen LogP contribution is -2.04. The fourth-order valence-corrected chi connectivity index (χ4v) is 2.44. The zero-order chi connectivity index (χ0) is 14.4. The molecule has 4 heteroatoms. The Morgan fingerprint density at radius 3 is 2.65 bits per heavy atom. The van der Waals surface area contributed by atoms with Crippen molar-refractivity contribution in [3.05, 3.63) is 58.1 Å². The Hall–Kier alpha value is -1.36. The minimum absolute atomic E-state index is 0.583. The van der Waals surface area contributed by atoms with Gasteiger partial charge in [0.25, 0.3) is 0 Å². The van der Waals surface area contributed by atoms with Gasteiger partial charge in [-0.1, -0.05) is 18.2 Å². The maximum Gasteiger partial charge on any atom is 0.141 e. The molecule has 0 saturated heterocycles. The van der Waals surface area contributed by atoms with Gasteiger partial charge in [0.2, 0.25) is 0 Å². The van der Waals surface area contributed by atoms with Crippen molar-refractivity contribution in [1.82, 2.24) is 5.32 Å².